The molecule has 0 aliphatic rings. The number of amides is 1. The van der Waals surface area contributed by atoms with Crippen LogP contribution in [0.15, 0.2) is 12.4 Å². The summed E-state index contributed by atoms with van der Waals surface area (Å²) >= 11 is 0. The number of nitrogens with zero attached hydrogens (tertiary/aromatic N) is 2. The Morgan fingerprint density at radius 1 is 1.54 bits per heavy atom. The van der Waals surface area contributed by atoms with Crippen molar-refractivity contribution in [2.24, 2.45) is 0 Å². The predicted molar refractivity (Wildman–Crippen MR) is 49.4 cm³/mol. The van der Waals surface area contributed by atoms with E-state index < -0.39 is 0 Å². The summed E-state index contributed by atoms with van der Waals surface area (Å²) in [5.74, 6) is -0.155. The lowest BCUT2D eigenvalue weighted by atomic mass is 10.4. The highest BCUT2D eigenvalue weighted by Crippen LogP contribution is 1.94. The number of aromatic nitrogens is 2. The molecule has 0 aliphatic carbocycles. The molecule has 0 aliphatic heterocycles. The number of carbonyl (C=O) groups is 1. The van der Waals surface area contributed by atoms with E-state index in [4.69, 9.17) is 0 Å². The highest BCUT2D eigenvalue weighted by Gasteiger charge is 2.05. The normalized spacial score (nSPS) is 9.69. The average molecular weight is 179 g/mol. The Morgan fingerprint density at radius 2 is 2.31 bits per heavy atom. The molecule has 4 heteroatoms. The SMILES string of the molecule is CCCNC(=O)c1cncc(C)n1. The van der Waals surface area contributed by atoms with Crippen LogP contribution in [0.25, 0.3) is 0 Å². The monoisotopic (exact) mass is 179 g/mol. The Morgan fingerprint density at radius 3 is 2.92 bits per heavy atom. The van der Waals surface area contributed by atoms with Crippen LogP contribution in [0.3, 0.4) is 0 Å². The first-order chi connectivity index (χ1) is 6.24. The van der Waals surface area contributed by atoms with E-state index in [9.17, 15) is 4.79 Å². The van der Waals surface area contributed by atoms with E-state index >= 15 is 0 Å². The Balaban J connectivity index is 2.66. The number of aryl methyl sites for hydroxylation is 1. The minimum atomic E-state index is -0.155. The molecule has 0 bridgehead atoms. The van der Waals surface area contributed by atoms with Crippen molar-refractivity contribution in [1.29, 1.82) is 0 Å². The number of carbonyl (C=O) groups excluding carboxylic acids is 1. The van der Waals surface area contributed by atoms with Gasteiger partial charge < -0.3 is 5.32 Å². The molecular weight excluding hydrogens is 166 g/mol. The van der Waals surface area contributed by atoms with Crippen molar-refractivity contribution in [2.45, 2.75) is 20.3 Å². The molecule has 0 atom stereocenters. The summed E-state index contributed by atoms with van der Waals surface area (Å²) < 4.78 is 0. The van der Waals surface area contributed by atoms with Gasteiger partial charge in [-0.2, -0.15) is 0 Å². The molecule has 70 valence electrons. The standard InChI is InChI=1S/C9H13N3O/c1-3-4-11-9(13)8-6-10-5-7(2)12-8/h5-6H,3-4H2,1-2H3,(H,11,13). The third kappa shape index (κ3) is 2.82. The second-order valence-corrected chi connectivity index (χ2v) is 2.80. The first-order valence-corrected chi connectivity index (χ1v) is 4.31. The predicted octanol–water partition coefficient (Wildman–Crippen LogP) is 0.925. The quantitative estimate of drug-likeness (QED) is 0.750. The molecule has 0 saturated carbocycles. The summed E-state index contributed by atoms with van der Waals surface area (Å²) in [7, 11) is 0. The van der Waals surface area contributed by atoms with Gasteiger partial charge in [0.1, 0.15) is 5.69 Å². The number of rotatable bonds is 3. The third-order valence-corrected chi connectivity index (χ3v) is 1.52. The zero-order valence-corrected chi connectivity index (χ0v) is 7.87. The van der Waals surface area contributed by atoms with E-state index in [2.05, 4.69) is 15.3 Å². The molecule has 1 amide bonds. The maximum absolute atomic E-state index is 11.3. The third-order valence-electron chi connectivity index (χ3n) is 1.52. The lowest BCUT2D eigenvalue weighted by molar-refractivity contribution is 0.0948. The second-order valence-electron chi connectivity index (χ2n) is 2.80. The Kier molecular flexibility index (Phi) is 3.37. The largest absolute Gasteiger partial charge is 0.351 e. The van der Waals surface area contributed by atoms with Crippen molar-refractivity contribution in [3.8, 4) is 0 Å². The summed E-state index contributed by atoms with van der Waals surface area (Å²) in [6.07, 6.45) is 4.01. The molecule has 0 unspecified atom stereocenters. The van der Waals surface area contributed by atoms with Gasteiger partial charge in [-0.15, -0.1) is 0 Å². The maximum atomic E-state index is 11.3. The summed E-state index contributed by atoms with van der Waals surface area (Å²) in [5.41, 5.74) is 1.14. The molecule has 0 radical (unpaired) electrons. The van der Waals surface area contributed by atoms with E-state index in [0.717, 1.165) is 12.1 Å². The minimum Gasteiger partial charge on any atom is -0.351 e. The van der Waals surface area contributed by atoms with Gasteiger partial charge in [-0.3, -0.25) is 9.78 Å². The van der Waals surface area contributed by atoms with Crippen molar-refractivity contribution in [2.75, 3.05) is 6.54 Å². The summed E-state index contributed by atoms with van der Waals surface area (Å²) in [5, 5.41) is 2.73. The van der Waals surface area contributed by atoms with Gasteiger partial charge in [-0.25, -0.2) is 4.98 Å². The lowest BCUT2D eigenvalue weighted by Crippen LogP contribution is -2.25. The van der Waals surface area contributed by atoms with Gasteiger partial charge in [0.15, 0.2) is 0 Å². The summed E-state index contributed by atoms with van der Waals surface area (Å²) in [6.45, 7) is 4.49. The van der Waals surface area contributed by atoms with Gasteiger partial charge in [0.2, 0.25) is 0 Å². The van der Waals surface area contributed by atoms with Gasteiger partial charge >= 0.3 is 0 Å². The lowest BCUT2D eigenvalue weighted by Gasteiger charge is -2.01. The highest BCUT2D eigenvalue weighted by molar-refractivity contribution is 5.91. The second kappa shape index (κ2) is 4.54. The van der Waals surface area contributed by atoms with Gasteiger partial charge in [0, 0.05) is 12.7 Å². The molecule has 4 nitrogen and oxygen atoms in total. The van der Waals surface area contributed by atoms with Crippen LogP contribution in [0.5, 0.6) is 0 Å². The first kappa shape index (κ1) is 9.64. The van der Waals surface area contributed by atoms with E-state index in [1.807, 2.05) is 13.8 Å². The smallest absolute Gasteiger partial charge is 0.271 e. The Hall–Kier alpha value is -1.45. The molecule has 0 spiro atoms. The maximum Gasteiger partial charge on any atom is 0.271 e. The van der Waals surface area contributed by atoms with E-state index in [0.29, 0.717) is 12.2 Å². The van der Waals surface area contributed by atoms with Crippen molar-refractivity contribution in [3.05, 3.63) is 23.8 Å². The fourth-order valence-corrected chi connectivity index (χ4v) is 0.902. The molecule has 0 fully saturated rings. The summed E-state index contributed by atoms with van der Waals surface area (Å²) in [4.78, 5) is 19.3. The molecule has 0 aromatic carbocycles. The van der Waals surface area contributed by atoms with Crippen molar-refractivity contribution in [1.82, 2.24) is 15.3 Å². The van der Waals surface area contributed by atoms with Crippen LogP contribution in [-0.2, 0) is 0 Å². The Bertz CT molecular complexity index is 299. The fourth-order valence-electron chi connectivity index (χ4n) is 0.902. The molecule has 13 heavy (non-hydrogen) atoms. The van der Waals surface area contributed by atoms with Crippen LogP contribution in [0.4, 0.5) is 0 Å². The van der Waals surface area contributed by atoms with Gasteiger partial charge in [0.05, 0.1) is 11.9 Å². The van der Waals surface area contributed by atoms with Crippen LogP contribution < -0.4 is 5.32 Å². The molecular formula is C9H13N3O. The zero-order chi connectivity index (χ0) is 9.68. The topological polar surface area (TPSA) is 54.9 Å². The number of hydrogen-bond acceptors (Lipinski definition) is 3. The molecule has 1 aromatic rings. The van der Waals surface area contributed by atoms with E-state index in [-0.39, 0.29) is 5.91 Å². The highest BCUT2D eigenvalue weighted by atomic mass is 16.1. The van der Waals surface area contributed by atoms with Crippen molar-refractivity contribution in [3.63, 3.8) is 0 Å². The van der Waals surface area contributed by atoms with Gasteiger partial charge in [-0.05, 0) is 13.3 Å². The Labute approximate surface area is 77.4 Å². The van der Waals surface area contributed by atoms with E-state index in [1.165, 1.54) is 6.20 Å². The molecule has 1 rings (SSSR count). The number of nitrogens with one attached hydrogen (secondary N) is 1. The number of hydrogen-bond donors (Lipinski definition) is 1. The molecule has 1 N–H and O–H groups in total. The van der Waals surface area contributed by atoms with Gasteiger partial charge in [0.25, 0.3) is 5.91 Å². The van der Waals surface area contributed by atoms with Crippen LogP contribution >= 0.6 is 0 Å². The van der Waals surface area contributed by atoms with Crippen molar-refractivity contribution >= 4 is 5.91 Å². The minimum absolute atomic E-state index is 0.155. The summed E-state index contributed by atoms with van der Waals surface area (Å²) in [6, 6.07) is 0. The van der Waals surface area contributed by atoms with Crippen LogP contribution in [0.1, 0.15) is 29.5 Å². The first-order valence-electron chi connectivity index (χ1n) is 4.31. The van der Waals surface area contributed by atoms with Crippen LogP contribution in [0.2, 0.25) is 0 Å². The molecule has 1 heterocycles. The molecule has 1 aromatic heterocycles. The average Bonchev–Trinajstić information content (AvgIpc) is 2.14. The fraction of sp³-hybridized carbons (Fsp3) is 0.444. The van der Waals surface area contributed by atoms with Gasteiger partial charge in [-0.1, -0.05) is 6.92 Å². The molecule has 0 saturated heterocycles. The van der Waals surface area contributed by atoms with Crippen LogP contribution in [-0.4, -0.2) is 22.4 Å². The van der Waals surface area contributed by atoms with Crippen LogP contribution in [0, 0.1) is 6.92 Å². The zero-order valence-electron chi connectivity index (χ0n) is 7.87. The van der Waals surface area contributed by atoms with Crippen molar-refractivity contribution < 1.29 is 4.79 Å². The van der Waals surface area contributed by atoms with E-state index in [1.54, 1.807) is 6.20 Å².